The van der Waals surface area contributed by atoms with Crippen LogP contribution in [0.4, 0.5) is 13.2 Å². The first-order valence-corrected chi connectivity index (χ1v) is 16.5. The van der Waals surface area contributed by atoms with Gasteiger partial charge in [-0.2, -0.15) is 14.7 Å². The maximum atomic E-state index is 14.6. The highest BCUT2D eigenvalue weighted by atomic mass is 19.1. The van der Waals surface area contributed by atoms with Gasteiger partial charge >= 0.3 is 5.97 Å². The molecular formula is C37H34F3N7O6. The average molecular weight is 730 g/mol. The second-order valence-corrected chi connectivity index (χ2v) is 11.9. The Morgan fingerprint density at radius 3 is 2.26 bits per heavy atom. The van der Waals surface area contributed by atoms with Crippen LogP contribution in [0.1, 0.15) is 18.4 Å². The van der Waals surface area contributed by atoms with E-state index in [1.807, 2.05) is 24.3 Å². The quantitative estimate of drug-likeness (QED) is 0.101. The van der Waals surface area contributed by atoms with Crippen molar-refractivity contribution in [2.45, 2.75) is 25.0 Å². The number of aliphatic hydroxyl groups is 1. The number of pyridine rings is 2. The zero-order chi connectivity index (χ0) is 37.2. The lowest BCUT2D eigenvalue weighted by Gasteiger charge is -2.29. The number of rotatable bonds is 17. The number of amides is 1. The molecule has 16 heteroatoms. The molecule has 0 aliphatic heterocycles. The third-order valence-corrected chi connectivity index (χ3v) is 8.13. The highest BCUT2D eigenvalue weighted by Gasteiger charge is 2.34. The molecule has 6 rings (SSSR count). The second kappa shape index (κ2) is 17.0. The molecule has 6 aromatic rings. The first kappa shape index (κ1) is 36.8. The monoisotopic (exact) mass is 729 g/mol. The number of nitrogens with one attached hydrogen (secondary N) is 1. The van der Waals surface area contributed by atoms with Gasteiger partial charge in [-0.25, -0.2) is 22.8 Å². The summed E-state index contributed by atoms with van der Waals surface area (Å²) in [5.41, 5.74) is 1.49. The first-order chi connectivity index (χ1) is 25.7. The van der Waals surface area contributed by atoms with Gasteiger partial charge in [0.2, 0.25) is 11.8 Å². The number of esters is 1. The standard InChI is InChI=1S/C37H34F3N7O6/c38-27-3-1-26(2-4-27)32-20-33-29(25-9-13-41-14-10-25)6-8-35(47(33)45-32)53-36(49)12-16-52-18-17-51-15-11-34(48)43-21-37(50,22-46-24-42-23-44-46)30-7-5-28(39)19-31(30)40/h1-10,13-14,19-20,23-24,50H,11-12,15-18,21-22H2,(H,43,48). The molecule has 4 heterocycles. The molecule has 0 aliphatic rings. The number of benzene rings is 2. The Hall–Kier alpha value is -5.97. The van der Waals surface area contributed by atoms with Crippen LogP contribution in [0.15, 0.2) is 97.8 Å². The number of carbonyl (C=O) groups excluding carboxylic acids is 2. The Morgan fingerprint density at radius 2 is 1.55 bits per heavy atom. The van der Waals surface area contributed by atoms with Crippen LogP contribution in [0.2, 0.25) is 0 Å². The lowest BCUT2D eigenvalue weighted by molar-refractivity contribution is -0.136. The SMILES string of the molecule is O=C(CCOCCOCCC(=O)Oc1ccc(-c2ccncc2)c2cc(-c3ccc(F)cc3)nn12)NCC(O)(Cn1cncn1)c1ccc(F)cc1F. The van der Waals surface area contributed by atoms with E-state index in [9.17, 15) is 27.9 Å². The number of halogens is 3. The summed E-state index contributed by atoms with van der Waals surface area (Å²) in [6.45, 7) is -0.285. The third kappa shape index (κ3) is 9.48. The number of fused-ring (bicyclic) bond motifs is 1. The van der Waals surface area contributed by atoms with Gasteiger partial charge in [0.1, 0.15) is 35.7 Å². The number of nitrogens with zero attached hydrogens (tertiary/aromatic N) is 6. The molecule has 0 saturated carbocycles. The summed E-state index contributed by atoms with van der Waals surface area (Å²) in [7, 11) is 0. The minimum atomic E-state index is -1.95. The molecule has 0 spiro atoms. The number of ether oxygens (including phenoxy) is 3. The van der Waals surface area contributed by atoms with Crippen LogP contribution < -0.4 is 10.1 Å². The predicted molar refractivity (Wildman–Crippen MR) is 184 cm³/mol. The lowest BCUT2D eigenvalue weighted by Crippen LogP contribution is -2.44. The number of hydrogen-bond donors (Lipinski definition) is 2. The van der Waals surface area contributed by atoms with E-state index in [1.54, 1.807) is 30.6 Å². The molecule has 0 aliphatic carbocycles. The van der Waals surface area contributed by atoms with Crippen molar-refractivity contribution < 1.29 is 42.1 Å². The van der Waals surface area contributed by atoms with E-state index in [0.717, 1.165) is 23.3 Å². The van der Waals surface area contributed by atoms with Gasteiger partial charge in [0.05, 0.1) is 57.1 Å². The molecule has 2 aromatic carbocycles. The highest BCUT2D eigenvalue weighted by molar-refractivity contribution is 5.84. The van der Waals surface area contributed by atoms with E-state index in [0.29, 0.717) is 22.8 Å². The van der Waals surface area contributed by atoms with E-state index >= 15 is 0 Å². The second-order valence-electron chi connectivity index (χ2n) is 11.9. The van der Waals surface area contributed by atoms with Crippen molar-refractivity contribution >= 4 is 17.4 Å². The van der Waals surface area contributed by atoms with Gasteiger partial charge in [-0.15, -0.1) is 0 Å². The fourth-order valence-corrected chi connectivity index (χ4v) is 5.49. The Bertz CT molecular complexity index is 2150. The van der Waals surface area contributed by atoms with E-state index in [-0.39, 0.29) is 69.6 Å². The zero-order valence-electron chi connectivity index (χ0n) is 28.2. The summed E-state index contributed by atoms with van der Waals surface area (Å²) in [4.78, 5) is 33.1. The average Bonchev–Trinajstić information content (AvgIpc) is 3.83. The van der Waals surface area contributed by atoms with Crippen molar-refractivity contribution in [1.82, 2.24) is 34.7 Å². The molecule has 53 heavy (non-hydrogen) atoms. The molecule has 0 radical (unpaired) electrons. The van der Waals surface area contributed by atoms with Gasteiger partial charge in [0.15, 0.2) is 0 Å². The Morgan fingerprint density at radius 1 is 0.811 bits per heavy atom. The zero-order valence-corrected chi connectivity index (χ0v) is 28.2. The van der Waals surface area contributed by atoms with Crippen molar-refractivity contribution in [3.8, 4) is 28.3 Å². The molecule has 1 unspecified atom stereocenters. The molecule has 1 atom stereocenters. The first-order valence-electron chi connectivity index (χ1n) is 16.5. The summed E-state index contributed by atoms with van der Waals surface area (Å²) in [5.74, 6) is -2.98. The molecule has 0 bridgehead atoms. The smallest absolute Gasteiger partial charge is 0.314 e. The molecule has 4 aromatic heterocycles. The van der Waals surface area contributed by atoms with Crippen molar-refractivity contribution in [2.24, 2.45) is 0 Å². The minimum absolute atomic E-state index is 0.0267. The summed E-state index contributed by atoms with van der Waals surface area (Å²) in [6, 6.07) is 17.7. The summed E-state index contributed by atoms with van der Waals surface area (Å²) in [6.07, 6.45) is 5.78. The Labute approximate surface area is 301 Å². The van der Waals surface area contributed by atoms with Gasteiger partial charge in [-0.05, 0) is 60.2 Å². The van der Waals surface area contributed by atoms with Gasteiger partial charge in [0, 0.05) is 47.6 Å². The Balaban J connectivity index is 0.944. The lowest BCUT2D eigenvalue weighted by atomic mass is 9.92. The predicted octanol–water partition coefficient (Wildman–Crippen LogP) is 4.50. The number of carbonyl (C=O) groups is 2. The maximum absolute atomic E-state index is 14.6. The molecular weight excluding hydrogens is 695 g/mol. The van der Waals surface area contributed by atoms with Crippen LogP contribution in [0.3, 0.4) is 0 Å². The largest absolute Gasteiger partial charge is 0.407 e. The van der Waals surface area contributed by atoms with E-state index < -0.39 is 29.1 Å². The van der Waals surface area contributed by atoms with Crippen LogP contribution >= 0.6 is 0 Å². The molecule has 274 valence electrons. The van der Waals surface area contributed by atoms with Crippen LogP contribution in [0, 0.1) is 17.5 Å². The van der Waals surface area contributed by atoms with Crippen LogP contribution in [-0.2, 0) is 31.2 Å². The summed E-state index contributed by atoms with van der Waals surface area (Å²) < 4.78 is 61.0. The van der Waals surface area contributed by atoms with E-state index in [4.69, 9.17) is 14.2 Å². The fraction of sp³-hybridized carbons (Fsp3) is 0.243. The van der Waals surface area contributed by atoms with Crippen molar-refractivity contribution in [3.63, 3.8) is 0 Å². The fourth-order valence-electron chi connectivity index (χ4n) is 5.49. The van der Waals surface area contributed by atoms with Crippen LogP contribution in [-0.4, -0.2) is 79.3 Å². The van der Waals surface area contributed by atoms with Crippen LogP contribution in [0.25, 0.3) is 27.9 Å². The van der Waals surface area contributed by atoms with Crippen molar-refractivity contribution in [3.05, 3.63) is 121 Å². The van der Waals surface area contributed by atoms with Crippen molar-refractivity contribution in [1.29, 1.82) is 0 Å². The van der Waals surface area contributed by atoms with Gasteiger partial charge in [0.25, 0.3) is 0 Å². The van der Waals surface area contributed by atoms with Gasteiger partial charge in [-0.3, -0.25) is 14.6 Å². The highest BCUT2D eigenvalue weighted by Crippen LogP contribution is 2.32. The number of hydrogen-bond acceptors (Lipinski definition) is 10. The van der Waals surface area contributed by atoms with Gasteiger partial charge < -0.3 is 24.6 Å². The minimum Gasteiger partial charge on any atom is -0.407 e. The summed E-state index contributed by atoms with van der Waals surface area (Å²) in [5, 5.41) is 22.4. The topological polar surface area (TPSA) is 155 Å². The molecule has 13 nitrogen and oxygen atoms in total. The van der Waals surface area contributed by atoms with Gasteiger partial charge in [-0.1, -0.05) is 6.07 Å². The van der Waals surface area contributed by atoms with E-state index in [1.165, 1.54) is 34.0 Å². The molecule has 1 amide bonds. The Kier molecular flexibility index (Phi) is 11.8. The third-order valence-electron chi connectivity index (χ3n) is 8.13. The van der Waals surface area contributed by atoms with E-state index in [2.05, 4.69) is 25.5 Å². The molecule has 2 N–H and O–H groups in total. The molecule has 0 fully saturated rings. The maximum Gasteiger partial charge on any atom is 0.314 e. The molecule has 0 saturated heterocycles. The van der Waals surface area contributed by atoms with Crippen molar-refractivity contribution in [2.75, 3.05) is 33.0 Å². The number of aromatic nitrogens is 6. The summed E-state index contributed by atoms with van der Waals surface area (Å²) >= 11 is 0. The normalized spacial score (nSPS) is 12.5. The van der Waals surface area contributed by atoms with Crippen LogP contribution in [0.5, 0.6) is 5.88 Å².